The number of likely N-dealkylation sites (N-methyl/N-ethyl adjacent to an activating group) is 1. The van der Waals surface area contributed by atoms with Crippen LogP contribution in [0.5, 0.6) is 5.75 Å². The fourth-order valence-electron chi connectivity index (χ4n) is 3.17. The zero-order chi connectivity index (χ0) is 19.6. The van der Waals surface area contributed by atoms with Gasteiger partial charge in [-0.3, -0.25) is 14.5 Å². The highest BCUT2D eigenvalue weighted by molar-refractivity contribution is 5.92. The highest BCUT2D eigenvalue weighted by atomic mass is 16.5. The Morgan fingerprint density at radius 1 is 1.07 bits per heavy atom. The lowest BCUT2D eigenvalue weighted by atomic mass is 10.2. The molecule has 1 aromatic rings. The van der Waals surface area contributed by atoms with E-state index in [1.54, 1.807) is 6.08 Å². The third-order valence-corrected chi connectivity index (χ3v) is 4.78. The second-order valence-corrected chi connectivity index (χ2v) is 6.47. The van der Waals surface area contributed by atoms with E-state index in [2.05, 4.69) is 4.90 Å². The van der Waals surface area contributed by atoms with Gasteiger partial charge < -0.3 is 14.5 Å². The van der Waals surface area contributed by atoms with Crippen LogP contribution in [-0.4, -0.2) is 78.9 Å². The molecule has 0 aliphatic carbocycles. The average molecular weight is 373 g/mol. The molecule has 1 fully saturated rings. The molecule has 148 valence electrons. The minimum Gasteiger partial charge on any atom is -0.493 e. The van der Waals surface area contributed by atoms with Crippen molar-refractivity contribution in [2.45, 2.75) is 20.8 Å². The van der Waals surface area contributed by atoms with E-state index >= 15 is 0 Å². The lowest BCUT2D eigenvalue weighted by Gasteiger charge is -2.34. The minimum atomic E-state index is -0.00368. The van der Waals surface area contributed by atoms with Crippen LogP contribution in [0.25, 0.3) is 6.08 Å². The van der Waals surface area contributed by atoms with Crippen molar-refractivity contribution in [2.75, 3.05) is 52.4 Å². The van der Waals surface area contributed by atoms with Crippen LogP contribution in [0.2, 0.25) is 0 Å². The third-order valence-electron chi connectivity index (χ3n) is 4.78. The second-order valence-electron chi connectivity index (χ2n) is 6.47. The van der Waals surface area contributed by atoms with Gasteiger partial charge in [0.15, 0.2) is 0 Å². The fraction of sp³-hybridized carbons (Fsp3) is 0.524. The number of nitrogens with zero attached hydrogens (tertiary/aromatic N) is 3. The van der Waals surface area contributed by atoms with Crippen molar-refractivity contribution < 1.29 is 14.3 Å². The molecule has 0 atom stereocenters. The van der Waals surface area contributed by atoms with Crippen molar-refractivity contribution in [3.8, 4) is 5.75 Å². The van der Waals surface area contributed by atoms with E-state index in [4.69, 9.17) is 4.74 Å². The number of hydrogen-bond acceptors (Lipinski definition) is 4. The molecular weight excluding hydrogens is 342 g/mol. The predicted molar refractivity (Wildman–Crippen MR) is 108 cm³/mol. The summed E-state index contributed by atoms with van der Waals surface area (Å²) in [6, 6.07) is 7.69. The first-order chi connectivity index (χ1) is 13.1. The molecule has 1 aliphatic rings. The number of piperazine rings is 1. The second kappa shape index (κ2) is 10.7. The molecule has 1 aliphatic heterocycles. The van der Waals surface area contributed by atoms with Gasteiger partial charge in [-0.1, -0.05) is 18.2 Å². The molecule has 0 saturated carbocycles. The van der Waals surface area contributed by atoms with Crippen molar-refractivity contribution >= 4 is 17.9 Å². The fourth-order valence-corrected chi connectivity index (χ4v) is 3.17. The van der Waals surface area contributed by atoms with Crippen LogP contribution in [0.1, 0.15) is 26.3 Å². The number of rotatable bonds is 8. The lowest BCUT2D eigenvalue weighted by Crippen LogP contribution is -2.51. The lowest BCUT2D eigenvalue weighted by molar-refractivity contribution is -0.133. The molecule has 0 spiro atoms. The molecule has 0 N–H and O–H groups in total. The first-order valence-electron chi connectivity index (χ1n) is 9.77. The third kappa shape index (κ3) is 6.10. The van der Waals surface area contributed by atoms with Gasteiger partial charge in [0.05, 0.1) is 13.2 Å². The Bertz CT molecular complexity index is 648. The van der Waals surface area contributed by atoms with Crippen molar-refractivity contribution in [2.24, 2.45) is 0 Å². The van der Waals surface area contributed by atoms with Crippen molar-refractivity contribution in [1.82, 2.24) is 14.7 Å². The molecule has 6 heteroatoms. The normalized spacial score (nSPS) is 15.1. The number of ether oxygens (including phenoxy) is 1. The largest absolute Gasteiger partial charge is 0.493 e. The van der Waals surface area contributed by atoms with Crippen LogP contribution in [-0.2, 0) is 9.59 Å². The van der Waals surface area contributed by atoms with Gasteiger partial charge in [0.2, 0.25) is 11.8 Å². The maximum Gasteiger partial charge on any atom is 0.246 e. The molecule has 2 amide bonds. The monoisotopic (exact) mass is 373 g/mol. The molecule has 2 rings (SSSR count). The molecule has 1 saturated heterocycles. The highest BCUT2D eigenvalue weighted by Gasteiger charge is 2.22. The summed E-state index contributed by atoms with van der Waals surface area (Å²) in [6.45, 7) is 11.2. The summed E-state index contributed by atoms with van der Waals surface area (Å²) in [7, 11) is 0. The van der Waals surface area contributed by atoms with Crippen LogP contribution in [0.3, 0.4) is 0 Å². The first-order valence-corrected chi connectivity index (χ1v) is 9.77. The maximum atomic E-state index is 12.5. The summed E-state index contributed by atoms with van der Waals surface area (Å²) < 4.78 is 5.58. The number of amides is 2. The van der Waals surface area contributed by atoms with E-state index in [1.807, 2.05) is 60.9 Å². The number of para-hydroxylation sites is 1. The smallest absolute Gasteiger partial charge is 0.246 e. The van der Waals surface area contributed by atoms with Crippen molar-refractivity contribution in [3.63, 3.8) is 0 Å². The number of carbonyl (C=O) groups excluding carboxylic acids is 2. The number of hydrogen-bond donors (Lipinski definition) is 0. The molecular formula is C21H31N3O3. The first kappa shape index (κ1) is 21.0. The number of carbonyl (C=O) groups is 2. The van der Waals surface area contributed by atoms with Gasteiger partial charge in [-0.25, -0.2) is 0 Å². The molecule has 6 nitrogen and oxygen atoms in total. The van der Waals surface area contributed by atoms with Gasteiger partial charge in [0.1, 0.15) is 5.75 Å². The topological polar surface area (TPSA) is 53.1 Å². The molecule has 0 unspecified atom stereocenters. The molecule has 1 heterocycles. The van der Waals surface area contributed by atoms with E-state index in [1.165, 1.54) is 0 Å². The van der Waals surface area contributed by atoms with E-state index in [0.717, 1.165) is 37.5 Å². The van der Waals surface area contributed by atoms with Crippen molar-refractivity contribution in [1.29, 1.82) is 0 Å². The quantitative estimate of drug-likeness (QED) is 0.655. The highest BCUT2D eigenvalue weighted by Crippen LogP contribution is 2.19. The summed E-state index contributed by atoms with van der Waals surface area (Å²) in [5, 5.41) is 0. The molecule has 27 heavy (non-hydrogen) atoms. The summed E-state index contributed by atoms with van der Waals surface area (Å²) in [5.41, 5.74) is 0.899. The van der Waals surface area contributed by atoms with E-state index < -0.39 is 0 Å². The maximum absolute atomic E-state index is 12.5. The summed E-state index contributed by atoms with van der Waals surface area (Å²) in [6.07, 6.45) is 3.41. The molecule has 0 aromatic heterocycles. The Balaban J connectivity index is 1.85. The molecule has 0 bridgehead atoms. The average Bonchev–Trinajstić information content (AvgIpc) is 2.69. The van der Waals surface area contributed by atoms with Gasteiger partial charge in [0, 0.05) is 50.9 Å². The minimum absolute atomic E-state index is 0.00368. The van der Waals surface area contributed by atoms with E-state index in [0.29, 0.717) is 26.2 Å². The zero-order valence-corrected chi connectivity index (χ0v) is 16.7. The Morgan fingerprint density at radius 3 is 2.37 bits per heavy atom. The van der Waals surface area contributed by atoms with Crippen LogP contribution in [0.4, 0.5) is 0 Å². The molecule has 1 aromatic carbocycles. The van der Waals surface area contributed by atoms with E-state index in [-0.39, 0.29) is 11.8 Å². The van der Waals surface area contributed by atoms with Gasteiger partial charge in [-0.15, -0.1) is 0 Å². The van der Waals surface area contributed by atoms with Crippen LogP contribution in [0, 0.1) is 0 Å². The summed E-state index contributed by atoms with van der Waals surface area (Å²) in [4.78, 5) is 30.5. The van der Waals surface area contributed by atoms with Gasteiger partial charge >= 0.3 is 0 Å². The summed E-state index contributed by atoms with van der Waals surface area (Å²) in [5.74, 6) is 0.937. The van der Waals surface area contributed by atoms with Crippen LogP contribution < -0.4 is 4.74 Å². The number of benzene rings is 1. The standard InChI is InChI=1S/C21H31N3O3/c1-4-23(5-2)21(26)17-22-13-15-24(16-14-22)20(25)12-11-18-9-7-8-10-19(18)27-6-3/h7-12H,4-6,13-17H2,1-3H3/b12-11+. The van der Waals surface area contributed by atoms with E-state index in [9.17, 15) is 9.59 Å². The Hall–Kier alpha value is -2.34. The zero-order valence-electron chi connectivity index (χ0n) is 16.7. The predicted octanol–water partition coefficient (Wildman–Crippen LogP) is 2.11. The van der Waals surface area contributed by atoms with Crippen LogP contribution in [0.15, 0.2) is 30.3 Å². The molecule has 0 radical (unpaired) electrons. The SMILES string of the molecule is CCOc1ccccc1/C=C/C(=O)N1CCN(CC(=O)N(CC)CC)CC1. The Labute approximate surface area is 162 Å². The van der Waals surface area contributed by atoms with Gasteiger partial charge in [-0.05, 0) is 32.9 Å². The van der Waals surface area contributed by atoms with Crippen molar-refractivity contribution in [3.05, 3.63) is 35.9 Å². The van der Waals surface area contributed by atoms with Gasteiger partial charge in [0.25, 0.3) is 0 Å². The Morgan fingerprint density at radius 2 is 1.74 bits per heavy atom. The van der Waals surface area contributed by atoms with Gasteiger partial charge in [-0.2, -0.15) is 0 Å². The van der Waals surface area contributed by atoms with Crippen LogP contribution >= 0.6 is 0 Å². The Kier molecular flexibility index (Phi) is 8.33. The summed E-state index contributed by atoms with van der Waals surface area (Å²) >= 11 is 0.